The fourth-order valence-electron chi connectivity index (χ4n) is 3.54. The van der Waals surface area contributed by atoms with E-state index in [4.69, 9.17) is 17.8 Å². The highest BCUT2D eigenvalue weighted by atomic mass is 32.2. The summed E-state index contributed by atoms with van der Waals surface area (Å²) in [5, 5.41) is 5.12. The first kappa shape index (κ1) is 28.3. The lowest BCUT2D eigenvalue weighted by Gasteiger charge is -2.13. The van der Waals surface area contributed by atoms with Crippen LogP contribution in [-0.4, -0.2) is 37.1 Å². The molecule has 4 rings (SSSR count). The highest BCUT2D eigenvalue weighted by Crippen LogP contribution is 2.29. The molecule has 0 atom stereocenters. The first-order chi connectivity index (χ1) is 19.1. The molecule has 0 fully saturated rings. The molecule has 0 aliphatic heterocycles. The summed E-state index contributed by atoms with van der Waals surface area (Å²) in [5.41, 5.74) is 0.466. The van der Waals surface area contributed by atoms with Gasteiger partial charge in [-0.15, -0.1) is 0 Å². The molecule has 0 unspecified atom stereocenters. The van der Waals surface area contributed by atoms with Gasteiger partial charge in [0.15, 0.2) is 0 Å². The normalized spacial score (nSPS) is 11.2. The van der Waals surface area contributed by atoms with Crippen LogP contribution in [0.15, 0.2) is 107 Å². The number of rotatable bonds is 10. The summed E-state index contributed by atoms with van der Waals surface area (Å²) >= 11 is 0. The van der Waals surface area contributed by atoms with Gasteiger partial charge in [0.25, 0.3) is 0 Å². The molecule has 40 heavy (non-hydrogen) atoms. The number of hydrogen-bond donors (Lipinski definition) is 2. The highest BCUT2D eigenvalue weighted by molar-refractivity contribution is 7.87. The standard InChI is InChI=1S/C27H24N2O9S2/c1-35-23-13-3-5-15-25(23)39(31,32)37-21-11-7-9-19(17-21)28-27(30)29-20-10-8-12-22(18-20)38-40(33,34)26-16-6-4-14-24(26)36-2/h3-18H,1-2H3,(H2,28,29,30). The summed E-state index contributed by atoms with van der Waals surface area (Å²) in [6.45, 7) is 0. The molecule has 0 saturated heterocycles. The maximum absolute atomic E-state index is 12.7. The summed E-state index contributed by atoms with van der Waals surface area (Å²) in [7, 11) is -5.75. The topological polar surface area (TPSA) is 146 Å². The lowest BCUT2D eigenvalue weighted by Crippen LogP contribution is -2.19. The van der Waals surface area contributed by atoms with E-state index >= 15 is 0 Å². The number of para-hydroxylation sites is 2. The number of carbonyl (C=O) groups is 1. The molecule has 208 valence electrons. The van der Waals surface area contributed by atoms with Gasteiger partial charge >= 0.3 is 26.3 Å². The van der Waals surface area contributed by atoms with Gasteiger partial charge in [-0.2, -0.15) is 16.8 Å². The smallest absolute Gasteiger partial charge is 0.342 e. The Morgan fingerprint density at radius 1 is 0.575 bits per heavy atom. The quantitative estimate of drug-likeness (QED) is 0.249. The molecular formula is C27H24N2O9S2. The predicted molar refractivity (Wildman–Crippen MR) is 147 cm³/mol. The van der Waals surface area contributed by atoms with Crippen LogP contribution < -0.4 is 28.5 Å². The number of hydrogen-bond acceptors (Lipinski definition) is 9. The zero-order valence-electron chi connectivity index (χ0n) is 21.2. The van der Waals surface area contributed by atoms with Gasteiger partial charge in [-0.1, -0.05) is 36.4 Å². The van der Waals surface area contributed by atoms with Crippen LogP contribution in [0.3, 0.4) is 0 Å². The van der Waals surface area contributed by atoms with Gasteiger partial charge in [0.05, 0.1) is 14.2 Å². The first-order valence-electron chi connectivity index (χ1n) is 11.5. The van der Waals surface area contributed by atoms with Crippen molar-refractivity contribution in [1.82, 2.24) is 0 Å². The molecule has 0 spiro atoms. The average molecular weight is 585 g/mol. The molecule has 0 heterocycles. The van der Waals surface area contributed by atoms with Crippen LogP contribution in [-0.2, 0) is 20.2 Å². The Hall–Kier alpha value is -4.75. The van der Waals surface area contributed by atoms with Gasteiger partial charge < -0.3 is 28.5 Å². The Labute approximate surface area is 231 Å². The van der Waals surface area contributed by atoms with Gasteiger partial charge in [0, 0.05) is 23.5 Å². The molecule has 2 N–H and O–H groups in total. The van der Waals surface area contributed by atoms with E-state index < -0.39 is 26.3 Å². The average Bonchev–Trinajstić information content (AvgIpc) is 2.92. The molecule has 0 bridgehead atoms. The Morgan fingerprint density at radius 2 is 0.975 bits per heavy atom. The van der Waals surface area contributed by atoms with Crippen molar-refractivity contribution in [3.63, 3.8) is 0 Å². The third-order valence-electron chi connectivity index (χ3n) is 5.27. The molecule has 13 heteroatoms. The number of anilines is 2. The van der Waals surface area contributed by atoms with E-state index in [0.717, 1.165) is 0 Å². The first-order valence-corrected chi connectivity index (χ1v) is 14.4. The maximum Gasteiger partial charge on any atom is 0.342 e. The third-order valence-corrected chi connectivity index (χ3v) is 7.85. The highest BCUT2D eigenvalue weighted by Gasteiger charge is 2.23. The zero-order valence-corrected chi connectivity index (χ0v) is 22.9. The van der Waals surface area contributed by atoms with E-state index in [1.807, 2.05) is 0 Å². The molecule has 4 aromatic carbocycles. The van der Waals surface area contributed by atoms with E-state index in [-0.39, 0.29) is 44.2 Å². The van der Waals surface area contributed by atoms with Crippen LogP contribution in [0.5, 0.6) is 23.0 Å². The number of carbonyl (C=O) groups excluding carboxylic acids is 1. The van der Waals surface area contributed by atoms with Crippen LogP contribution in [0, 0.1) is 0 Å². The summed E-state index contributed by atoms with van der Waals surface area (Å²) in [4.78, 5) is 12.3. The second kappa shape index (κ2) is 12.0. The van der Waals surface area contributed by atoms with Crippen molar-refractivity contribution in [3.05, 3.63) is 97.1 Å². The maximum atomic E-state index is 12.7. The molecule has 0 aliphatic carbocycles. The Kier molecular flexibility index (Phi) is 8.46. The van der Waals surface area contributed by atoms with Gasteiger partial charge in [-0.25, -0.2) is 4.79 Å². The second-order valence-electron chi connectivity index (χ2n) is 8.01. The monoisotopic (exact) mass is 584 g/mol. The number of methoxy groups -OCH3 is 2. The molecule has 4 aromatic rings. The molecule has 0 saturated carbocycles. The lowest BCUT2D eigenvalue weighted by atomic mass is 10.3. The van der Waals surface area contributed by atoms with Gasteiger partial charge in [0.2, 0.25) is 0 Å². The molecule has 0 aromatic heterocycles. The number of nitrogens with one attached hydrogen (secondary N) is 2. The Morgan fingerprint density at radius 3 is 1.38 bits per heavy atom. The largest absolute Gasteiger partial charge is 0.495 e. The van der Waals surface area contributed by atoms with E-state index in [2.05, 4.69) is 10.6 Å². The summed E-state index contributed by atoms with van der Waals surface area (Å²) < 4.78 is 71.6. The fraction of sp³-hybridized carbons (Fsp3) is 0.0741. The number of ether oxygens (including phenoxy) is 2. The van der Waals surface area contributed by atoms with Crippen molar-refractivity contribution in [2.45, 2.75) is 9.79 Å². The van der Waals surface area contributed by atoms with Gasteiger partial charge in [0.1, 0.15) is 32.8 Å². The van der Waals surface area contributed by atoms with Crippen molar-refractivity contribution in [2.24, 2.45) is 0 Å². The van der Waals surface area contributed by atoms with Gasteiger partial charge in [-0.05, 0) is 48.5 Å². The van der Waals surface area contributed by atoms with E-state index in [9.17, 15) is 21.6 Å². The molecule has 0 aliphatic rings. The van der Waals surface area contributed by atoms with Crippen molar-refractivity contribution in [3.8, 4) is 23.0 Å². The van der Waals surface area contributed by atoms with Crippen molar-refractivity contribution in [1.29, 1.82) is 0 Å². The Bertz CT molecular complexity index is 1610. The SMILES string of the molecule is COc1ccccc1S(=O)(=O)Oc1cccc(NC(=O)Nc2cccc(OS(=O)(=O)c3ccccc3OC)c2)c1. The van der Waals surface area contributed by atoms with Crippen LogP contribution in [0.2, 0.25) is 0 Å². The van der Waals surface area contributed by atoms with Crippen molar-refractivity contribution >= 4 is 37.6 Å². The number of amides is 2. The third kappa shape index (κ3) is 6.81. The number of urea groups is 1. The fourth-order valence-corrected chi connectivity index (χ4v) is 5.72. The van der Waals surface area contributed by atoms with Gasteiger partial charge in [-0.3, -0.25) is 0 Å². The predicted octanol–water partition coefficient (Wildman–Crippen LogP) is 4.88. The van der Waals surface area contributed by atoms with Crippen LogP contribution in [0.25, 0.3) is 0 Å². The molecule has 11 nitrogen and oxygen atoms in total. The molecule has 2 amide bonds. The van der Waals surface area contributed by atoms with E-state index in [1.54, 1.807) is 12.1 Å². The van der Waals surface area contributed by atoms with Crippen LogP contribution in [0.4, 0.5) is 16.2 Å². The lowest BCUT2D eigenvalue weighted by molar-refractivity contribution is 0.262. The second-order valence-corrected chi connectivity index (χ2v) is 11.0. The number of benzene rings is 4. The van der Waals surface area contributed by atoms with Crippen molar-refractivity contribution in [2.75, 3.05) is 24.9 Å². The minimum absolute atomic E-state index is 0.0411. The molecule has 0 radical (unpaired) electrons. The minimum Gasteiger partial charge on any atom is -0.495 e. The van der Waals surface area contributed by atoms with E-state index in [1.165, 1.54) is 99.1 Å². The summed E-state index contributed by atoms with van der Waals surface area (Å²) in [6.07, 6.45) is 0. The zero-order chi connectivity index (χ0) is 28.8. The minimum atomic E-state index is -4.22. The molecular weight excluding hydrogens is 560 g/mol. The summed E-state index contributed by atoms with van der Waals surface area (Å²) in [6, 6.07) is 22.9. The Balaban J connectivity index is 1.43. The van der Waals surface area contributed by atoms with Crippen LogP contribution >= 0.6 is 0 Å². The van der Waals surface area contributed by atoms with E-state index in [0.29, 0.717) is 0 Å². The van der Waals surface area contributed by atoms with Crippen LogP contribution in [0.1, 0.15) is 0 Å². The van der Waals surface area contributed by atoms with Crippen molar-refractivity contribution < 1.29 is 39.5 Å². The summed E-state index contributed by atoms with van der Waals surface area (Å²) in [5.74, 6) is 0.164.